The first-order valence-corrected chi connectivity index (χ1v) is 9.93. The number of carbonyl (C=O) groups excluding carboxylic acids is 2. The van der Waals surface area contributed by atoms with E-state index >= 15 is 0 Å². The maximum atomic E-state index is 13.0. The Morgan fingerprint density at radius 1 is 1.04 bits per heavy atom. The lowest BCUT2D eigenvalue weighted by Gasteiger charge is -2.21. The number of nitrogens with zero attached hydrogens (tertiary/aromatic N) is 1. The van der Waals surface area contributed by atoms with Crippen molar-refractivity contribution in [1.29, 1.82) is 0 Å². The van der Waals surface area contributed by atoms with Gasteiger partial charge in [0.25, 0.3) is 5.91 Å². The third-order valence-corrected chi connectivity index (χ3v) is 5.36. The van der Waals surface area contributed by atoms with Gasteiger partial charge in [-0.3, -0.25) is 9.59 Å². The van der Waals surface area contributed by atoms with Crippen LogP contribution in [0, 0.1) is 5.92 Å². The lowest BCUT2D eigenvalue weighted by Crippen LogP contribution is -2.28. The van der Waals surface area contributed by atoms with E-state index in [2.05, 4.69) is 10.6 Å². The Balaban J connectivity index is 1.78. The molecule has 3 rings (SSSR count). The Kier molecular flexibility index (Phi) is 6.34. The van der Waals surface area contributed by atoms with Gasteiger partial charge in [-0.2, -0.15) is 0 Å². The minimum absolute atomic E-state index is 0.0547. The molecule has 0 saturated heterocycles. The van der Waals surface area contributed by atoms with Crippen LogP contribution in [0.2, 0.25) is 0 Å². The fourth-order valence-corrected chi connectivity index (χ4v) is 3.72. The average Bonchev–Trinajstić information content (AvgIpc) is 3.23. The van der Waals surface area contributed by atoms with Crippen LogP contribution in [-0.2, 0) is 4.79 Å². The summed E-state index contributed by atoms with van der Waals surface area (Å²) in [4.78, 5) is 27.4. The molecule has 5 nitrogen and oxygen atoms in total. The lowest BCUT2D eigenvalue weighted by molar-refractivity contribution is -0.119. The van der Waals surface area contributed by atoms with Crippen LogP contribution in [-0.4, -0.2) is 25.9 Å². The number of hydrogen-bond donors (Lipinski definition) is 2. The Morgan fingerprint density at radius 3 is 2.36 bits per heavy atom. The van der Waals surface area contributed by atoms with Gasteiger partial charge in [-0.1, -0.05) is 43.2 Å². The van der Waals surface area contributed by atoms with Gasteiger partial charge in [0, 0.05) is 31.4 Å². The smallest absolute Gasteiger partial charge is 0.253 e. The molecule has 5 heteroatoms. The molecule has 2 aromatic carbocycles. The van der Waals surface area contributed by atoms with Crippen LogP contribution >= 0.6 is 0 Å². The third-order valence-electron chi connectivity index (χ3n) is 5.36. The maximum Gasteiger partial charge on any atom is 0.253 e. The summed E-state index contributed by atoms with van der Waals surface area (Å²) < 4.78 is 0. The minimum atomic E-state index is -0.156. The molecule has 0 heterocycles. The van der Waals surface area contributed by atoms with E-state index in [1.807, 2.05) is 68.4 Å². The van der Waals surface area contributed by atoms with Crippen molar-refractivity contribution in [2.75, 3.05) is 24.3 Å². The zero-order chi connectivity index (χ0) is 20.1. The summed E-state index contributed by atoms with van der Waals surface area (Å²) in [5, 5.41) is 6.06. The van der Waals surface area contributed by atoms with Gasteiger partial charge in [-0.15, -0.1) is 0 Å². The third kappa shape index (κ3) is 4.71. The fraction of sp³-hybridized carbons (Fsp3) is 0.391. The molecule has 148 valence electrons. The first-order valence-electron chi connectivity index (χ1n) is 9.93. The van der Waals surface area contributed by atoms with Crippen LogP contribution in [0.4, 0.5) is 11.4 Å². The fourth-order valence-electron chi connectivity index (χ4n) is 3.72. The number of amides is 2. The zero-order valence-corrected chi connectivity index (χ0v) is 16.9. The second kappa shape index (κ2) is 8.91. The highest BCUT2D eigenvalue weighted by molar-refractivity contribution is 6.02. The molecule has 0 aliphatic heterocycles. The predicted octanol–water partition coefficient (Wildman–Crippen LogP) is 4.37. The highest BCUT2D eigenvalue weighted by Gasteiger charge is 2.23. The van der Waals surface area contributed by atoms with Crippen molar-refractivity contribution in [2.45, 2.75) is 38.6 Å². The highest BCUT2D eigenvalue weighted by Crippen LogP contribution is 2.28. The normalized spacial score (nSPS) is 15.1. The highest BCUT2D eigenvalue weighted by atomic mass is 16.2. The van der Waals surface area contributed by atoms with Crippen molar-refractivity contribution in [2.24, 2.45) is 5.92 Å². The van der Waals surface area contributed by atoms with Crippen LogP contribution in [0.3, 0.4) is 0 Å². The average molecular weight is 380 g/mol. The van der Waals surface area contributed by atoms with Gasteiger partial charge in [0.1, 0.15) is 0 Å². The van der Waals surface area contributed by atoms with E-state index in [4.69, 9.17) is 0 Å². The van der Waals surface area contributed by atoms with E-state index in [9.17, 15) is 9.59 Å². The number of rotatable bonds is 6. The molecule has 28 heavy (non-hydrogen) atoms. The van der Waals surface area contributed by atoms with Gasteiger partial charge in [0.2, 0.25) is 5.91 Å². The van der Waals surface area contributed by atoms with Gasteiger partial charge in [0.05, 0.1) is 11.6 Å². The number of nitrogens with one attached hydrogen (secondary N) is 2. The Bertz CT molecular complexity index is 827. The minimum Gasteiger partial charge on any atom is -0.377 e. The maximum absolute atomic E-state index is 13.0. The van der Waals surface area contributed by atoms with Gasteiger partial charge in [-0.05, 0) is 43.5 Å². The summed E-state index contributed by atoms with van der Waals surface area (Å²) in [6.45, 7) is 1.97. The molecule has 0 bridgehead atoms. The summed E-state index contributed by atoms with van der Waals surface area (Å²) in [6, 6.07) is 15.3. The molecule has 0 spiro atoms. The van der Waals surface area contributed by atoms with Gasteiger partial charge < -0.3 is 15.5 Å². The van der Waals surface area contributed by atoms with Crippen molar-refractivity contribution in [3.8, 4) is 0 Å². The summed E-state index contributed by atoms with van der Waals surface area (Å²) in [5.74, 6) is -0.0139. The molecule has 1 aliphatic carbocycles. The second-order valence-corrected chi connectivity index (χ2v) is 7.70. The topological polar surface area (TPSA) is 61.4 Å². The summed E-state index contributed by atoms with van der Waals surface area (Å²) in [6.07, 6.45) is 4.12. The summed E-state index contributed by atoms with van der Waals surface area (Å²) in [7, 11) is 3.81. The van der Waals surface area contributed by atoms with Crippen LogP contribution in [0.1, 0.15) is 54.6 Å². The van der Waals surface area contributed by atoms with Crippen molar-refractivity contribution in [3.05, 3.63) is 59.7 Å². The molecular formula is C23H29N3O2. The van der Waals surface area contributed by atoms with Gasteiger partial charge in [0.15, 0.2) is 0 Å². The molecule has 2 aromatic rings. The van der Waals surface area contributed by atoms with E-state index in [0.717, 1.165) is 36.9 Å². The van der Waals surface area contributed by atoms with Crippen LogP contribution < -0.4 is 15.5 Å². The zero-order valence-electron chi connectivity index (χ0n) is 16.9. The standard InChI is InChI=1S/C23H29N3O2/c1-16(17-9-5-4-6-10-17)24-23(28)20-15-19(13-14-21(20)26(2)3)25-22(27)18-11-7-8-12-18/h4-6,9-10,13-16,18H,7-8,11-12H2,1-3H3,(H,24,28)(H,25,27)/t16-/m1/s1. The summed E-state index contributed by atoms with van der Waals surface area (Å²) in [5.41, 5.74) is 3.08. The quantitative estimate of drug-likeness (QED) is 0.783. The Morgan fingerprint density at radius 2 is 1.71 bits per heavy atom. The Labute approximate surface area is 167 Å². The van der Waals surface area contributed by atoms with E-state index in [0.29, 0.717) is 11.3 Å². The molecule has 1 aliphatic rings. The molecule has 0 radical (unpaired) electrons. The van der Waals surface area contributed by atoms with Gasteiger partial charge in [-0.25, -0.2) is 0 Å². The van der Waals surface area contributed by atoms with Crippen molar-refractivity contribution in [3.63, 3.8) is 0 Å². The number of carbonyl (C=O) groups is 2. The monoisotopic (exact) mass is 379 g/mol. The molecule has 0 aromatic heterocycles. The molecule has 1 atom stereocenters. The van der Waals surface area contributed by atoms with Gasteiger partial charge >= 0.3 is 0 Å². The van der Waals surface area contributed by atoms with Crippen molar-refractivity contribution < 1.29 is 9.59 Å². The van der Waals surface area contributed by atoms with Crippen LogP contribution in [0.15, 0.2) is 48.5 Å². The van der Waals surface area contributed by atoms with E-state index in [-0.39, 0.29) is 23.8 Å². The molecule has 0 unspecified atom stereocenters. The summed E-state index contributed by atoms with van der Waals surface area (Å²) >= 11 is 0. The van der Waals surface area contributed by atoms with Crippen LogP contribution in [0.25, 0.3) is 0 Å². The SMILES string of the molecule is C[C@@H](NC(=O)c1cc(NC(=O)C2CCCC2)ccc1N(C)C)c1ccccc1. The Hall–Kier alpha value is -2.82. The number of benzene rings is 2. The number of anilines is 2. The molecule has 1 fully saturated rings. The molecule has 2 amide bonds. The van der Waals surface area contributed by atoms with Crippen molar-refractivity contribution >= 4 is 23.2 Å². The molecule has 1 saturated carbocycles. The lowest BCUT2D eigenvalue weighted by atomic mass is 10.1. The first kappa shape index (κ1) is 19.9. The number of hydrogen-bond acceptors (Lipinski definition) is 3. The second-order valence-electron chi connectivity index (χ2n) is 7.70. The predicted molar refractivity (Wildman–Crippen MR) is 114 cm³/mol. The van der Waals surface area contributed by atoms with E-state index in [1.54, 1.807) is 6.07 Å². The molecular weight excluding hydrogens is 350 g/mol. The van der Waals surface area contributed by atoms with Crippen LogP contribution in [0.5, 0.6) is 0 Å². The van der Waals surface area contributed by atoms with E-state index < -0.39 is 0 Å². The molecule has 2 N–H and O–H groups in total. The first-order chi connectivity index (χ1) is 13.5. The van der Waals surface area contributed by atoms with E-state index in [1.165, 1.54) is 0 Å². The van der Waals surface area contributed by atoms with Crippen molar-refractivity contribution in [1.82, 2.24) is 5.32 Å². The largest absolute Gasteiger partial charge is 0.377 e.